The van der Waals surface area contributed by atoms with Gasteiger partial charge in [-0.2, -0.15) is 0 Å². The number of hydrogen-bond acceptors (Lipinski definition) is 6. The highest BCUT2D eigenvalue weighted by atomic mass is 32.2. The Morgan fingerprint density at radius 3 is 2.32 bits per heavy atom. The van der Waals surface area contributed by atoms with Gasteiger partial charge >= 0.3 is 5.97 Å². The molecular formula is C28H36N2O7S. The highest BCUT2D eigenvalue weighted by Crippen LogP contribution is 2.37. The predicted molar refractivity (Wildman–Crippen MR) is 144 cm³/mol. The van der Waals surface area contributed by atoms with Gasteiger partial charge in [0.15, 0.2) is 0 Å². The van der Waals surface area contributed by atoms with E-state index in [1.807, 2.05) is 0 Å². The van der Waals surface area contributed by atoms with Crippen molar-refractivity contribution in [3.05, 3.63) is 53.1 Å². The van der Waals surface area contributed by atoms with Gasteiger partial charge in [-0.25, -0.2) is 13.2 Å². The largest absolute Gasteiger partial charge is 0.492 e. The number of carbonyl (C=O) groups is 2. The second kappa shape index (κ2) is 11.7. The molecule has 0 unspecified atom stereocenters. The molecule has 1 aliphatic heterocycles. The molecule has 10 heteroatoms. The highest BCUT2D eigenvalue weighted by Gasteiger charge is 2.35. The maximum absolute atomic E-state index is 14.1. The number of ether oxygens (including phenoxy) is 2. The summed E-state index contributed by atoms with van der Waals surface area (Å²) in [6, 6.07) is 8.80. The number of carboxylic acids is 1. The number of aryl methyl sites for hydroxylation is 1. The number of sulfonamides is 1. The number of carboxylic acid groups (broad SMARTS) is 1. The molecule has 2 aromatic carbocycles. The van der Waals surface area contributed by atoms with Gasteiger partial charge in [0.25, 0.3) is 15.9 Å². The van der Waals surface area contributed by atoms with Crippen LogP contribution in [0.2, 0.25) is 0 Å². The minimum Gasteiger partial charge on any atom is -0.492 e. The summed E-state index contributed by atoms with van der Waals surface area (Å²) >= 11 is 0. The zero-order valence-corrected chi connectivity index (χ0v) is 23.0. The maximum Gasteiger partial charge on any atom is 0.339 e. The normalized spacial score (nSPS) is 16.8. The molecule has 1 saturated heterocycles. The molecular weight excluding hydrogens is 508 g/mol. The lowest BCUT2D eigenvalue weighted by atomic mass is 10.0. The standard InChI is InChI=1S/C28H36N2O7S/c1-19-16-21(27(31)29(2)3)8-10-25(19)30(22-6-4-5-7-22)38(34,35)23-9-11-26(24(17-23)28(32)33)37-18-20-12-14-36-15-13-20/h8-11,16-17,20,22H,4-7,12-15,18H2,1-3H3,(H,32,33). The molecule has 206 valence electrons. The number of aromatic carboxylic acids is 1. The first kappa shape index (κ1) is 27.9. The van der Waals surface area contributed by atoms with Crippen LogP contribution in [0.5, 0.6) is 5.75 Å². The van der Waals surface area contributed by atoms with Crippen LogP contribution in [0.15, 0.2) is 41.3 Å². The van der Waals surface area contributed by atoms with E-state index in [1.165, 1.54) is 27.4 Å². The molecule has 9 nitrogen and oxygen atoms in total. The van der Waals surface area contributed by atoms with E-state index in [0.29, 0.717) is 49.5 Å². The Balaban J connectivity index is 1.69. The summed E-state index contributed by atoms with van der Waals surface area (Å²) in [6.45, 7) is 3.44. The SMILES string of the molecule is Cc1cc(C(=O)N(C)C)ccc1N(C1CCCC1)S(=O)(=O)c1ccc(OCC2CCOCC2)c(C(=O)O)c1. The van der Waals surface area contributed by atoms with Crippen LogP contribution in [0, 0.1) is 12.8 Å². The summed E-state index contributed by atoms with van der Waals surface area (Å²) in [5, 5.41) is 9.89. The summed E-state index contributed by atoms with van der Waals surface area (Å²) in [5.41, 5.74) is 1.43. The number of benzene rings is 2. The van der Waals surface area contributed by atoms with Crippen molar-refractivity contribution in [3.8, 4) is 5.75 Å². The summed E-state index contributed by atoms with van der Waals surface area (Å²) in [7, 11) is -0.786. The van der Waals surface area contributed by atoms with Crippen LogP contribution in [-0.2, 0) is 14.8 Å². The van der Waals surface area contributed by atoms with E-state index in [-0.39, 0.29) is 34.1 Å². The van der Waals surface area contributed by atoms with E-state index in [9.17, 15) is 23.1 Å². The molecule has 2 fully saturated rings. The Bertz CT molecular complexity index is 1280. The Morgan fingerprint density at radius 1 is 1.03 bits per heavy atom. The van der Waals surface area contributed by atoms with Gasteiger partial charge in [0.05, 0.1) is 17.2 Å². The third-order valence-corrected chi connectivity index (χ3v) is 9.16. The molecule has 0 spiro atoms. The Kier molecular flexibility index (Phi) is 8.62. The minimum absolute atomic E-state index is 0.104. The van der Waals surface area contributed by atoms with Crippen LogP contribution in [0.25, 0.3) is 0 Å². The average Bonchev–Trinajstić information content (AvgIpc) is 3.42. The summed E-state index contributed by atoms with van der Waals surface area (Å²) in [5.74, 6) is -1.01. The molecule has 4 rings (SSSR count). The zero-order chi connectivity index (χ0) is 27.4. The third-order valence-electron chi connectivity index (χ3n) is 7.30. The van der Waals surface area contributed by atoms with Gasteiger partial charge in [0.1, 0.15) is 11.3 Å². The van der Waals surface area contributed by atoms with E-state index < -0.39 is 16.0 Å². The second-order valence-corrected chi connectivity index (χ2v) is 12.1. The molecule has 0 aromatic heterocycles. The van der Waals surface area contributed by atoms with E-state index >= 15 is 0 Å². The van der Waals surface area contributed by atoms with Crippen LogP contribution in [0.4, 0.5) is 5.69 Å². The molecule has 0 atom stereocenters. The smallest absolute Gasteiger partial charge is 0.339 e. The Labute approximate surface area is 224 Å². The average molecular weight is 545 g/mol. The van der Waals surface area contributed by atoms with Crippen LogP contribution < -0.4 is 9.04 Å². The highest BCUT2D eigenvalue weighted by molar-refractivity contribution is 7.92. The van der Waals surface area contributed by atoms with Crippen molar-refractivity contribution in [3.63, 3.8) is 0 Å². The van der Waals surface area contributed by atoms with Gasteiger partial charge in [0, 0.05) is 38.9 Å². The number of carbonyl (C=O) groups excluding carboxylic acids is 1. The number of amides is 1. The Morgan fingerprint density at radius 2 is 1.71 bits per heavy atom. The molecule has 0 radical (unpaired) electrons. The van der Waals surface area contributed by atoms with Crippen molar-refractivity contribution < 1.29 is 32.6 Å². The van der Waals surface area contributed by atoms with Gasteiger partial charge in [-0.05, 0) is 80.5 Å². The van der Waals surface area contributed by atoms with E-state index in [4.69, 9.17) is 9.47 Å². The van der Waals surface area contributed by atoms with Crippen molar-refractivity contribution in [2.75, 3.05) is 38.2 Å². The van der Waals surface area contributed by atoms with Crippen LogP contribution in [0.1, 0.15) is 64.8 Å². The molecule has 1 aliphatic carbocycles. The summed E-state index contributed by atoms with van der Waals surface area (Å²) in [4.78, 5) is 25.9. The predicted octanol–water partition coefficient (Wildman–Crippen LogP) is 4.34. The van der Waals surface area contributed by atoms with E-state index in [0.717, 1.165) is 25.7 Å². The number of anilines is 1. The molecule has 2 aliphatic rings. The van der Waals surface area contributed by atoms with Crippen LogP contribution in [0.3, 0.4) is 0 Å². The fourth-order valence-electron chi connectivity index (χ4n) is 5.15. The summed E-state index contributed by atoms with van der Waals surface area (Å²) in [6.07, 6.45) is 4.90. The summed E-state index contributed by atoms with van der Waals surface area (Å²) < 4.78 is 40.8. The molecule has 1 N–H and O–H groups in total. The second-order valence-electron chi connectivity index (χ2n) is 10.3. The first-order valence-corrected chi connectivity index (χ1v) is 14.5. The van der Waals surface area contributed by atoms with Crippen molar-refractivity contribution in [2.45, 2.75) is 56.4 Å². The monoisotopic (exact) mass is 544 g/mol. The lowest BCUT2D eigenvalue weighted by Crippen LogP contribution is -2.39. The molecule has 1 saturated carbocycles. The topological polar surface area (TPSA) is 113 Å². The maximum atomic E-state index is 14.1. The lowest BCUT2D eigenvalue weighted by Gasteiger charge is -2.32. The van der Waals surface area contributed by atoms with Gasteiger partial charge in [-0.1, -0.05) is 12.8 Å². The lowest BCUT2D eigenvalue weighted by molar-refractivity contribution is 0.0490. The first-order chi connectivity index (χ1) is 18.1. The number of rotatable bonds is 9. The first-order valence-electron chi connectivity index (χ1n) is 13.0. The van der Waals surface area contributed by atoms with Gasteiger partial charge in [-0.3, -0.25) is 9.10 Å². The van der Waals surface area contributed by atoms with Gasteiger partial charge < -0.3 is 19.5 Å². The van der Waals surface area contributed by atoms with Crippen LogP contribution >= 0.6 is 0 Å². The zero-order valence-electron chi connectivity index (χ0n) is 22.2. The van der Waals surface area contributed by atoms with Gasteiger partial charge in [0.2, 0.25) is 0 Å². The third kappa shape index (κ3) is 5.96. The van der Waals surface area contributed by atoms with Gasteiger partial charge in [-0.15, -0.1) is 0 Å². The molecule has 1 heterocycles. The van der Waals surface area contributed by atoms with E-state index in [1.54, 1.807) is 39.2 Å². The molecule has 0 bridgehead atoms. The molecule has 1 amide bonds. The minimum atomic E-state index is -4.12. The quantitative estimate of drug-likeness (QED) is 0.500. The fourth-order valence-corrected chi connectivity index (χ4v) is 6.95. The molecule has 2 aromatic rings. The van der Waals surface area contributed by atoms with Crippen molar-refractivity contribution >= 4 is 27.6 Å². The van der Waals surface area contributed by atoms with Crippen molar-refractivity contribution in [2.24, 2.45) is 5.92 Å². The molecule has 38 heavy (non-hydrogen) atoms. The van der Waals surface area contributed by atoms with Crippen molar-refractivity contribution in [1.29, 1.82) is 0 Å². The fraction of sp³-hybridized carbons (Fsp3) is 0.500. The van der Waals surface area contributed by atoms with Crippen LogP contribution in [-0.4, -0.2) is 70.3 Å². The number of nitrogens with zero attached hydrogens (tertiary/aromatic N) is 2. The van der Waals surface area contributed by atoms with Crippen molar-refractivity contribution in [1.82, 2.24) is 4.90 Å². The Hall–Kier alpha value is -3.11. The number of hydrogen-bond donors (Lipinski definition) is 1. The van der Waals surface area contributed by atoms with E-state index in [2.05, 4.69) is 0 Å².